The molecule has 1 heterocycles. The molecule has 3 nitrogen and oxygen atoms in total. The molecule has 1 aliphatic carbocycles. The number of nitrogens with one attached hydrogen (secondary N) is 2. The highest BCUT2D eigenvalue weighted by Crippen LogP contribution is 2.27. The van der Waals surface area contributed by atoms with Gasteiger partial charge in [-0.1, -0.05) is 6.42 Å². The Labute approximate surface area is 155 Å². The van der Waals surface area contributed by atoms with Gasteiger partial charge in [0.1, 0.15) is 17.5 Å². The zero-order chi connectivity index (χ0) is 19.4. The maximum absolute atomic E-state index is 13.5. The minimum Gasteiger partial charge on any atom is -0.356 e. The van der Waals surface area contributed by atoms with Crippen LogP contribution in [0.3, 0.4) is 0 Å². The molecular formula is C21H21F3N2O. The van der Waals surface area contributed by atoms with E-state index in [0.717, 1.165) is 18.5 Å². The maximum atomic E-state index is 13.5. The van der Waals surface area contributed by atoms with Gasteiger partial charge in [-0.3, -0.25) is 4.79 Å². The summed E-state index contributed by atoms with van der Waals surface area (Å²) in [6, 6.07) is 9.50. The van der Waals surface area contributed by atoms with E-state index < -0.39 is 11.6 Å². The lowest BCUT2D eigenvalue weighted by atomic mass is 9.85. The molecule has 2 aromatic carbocycles. The first-order valence-corrected chi connectivity index (χ1v) is 8.90. The number of aromatic nitrogens is 1. The van der Waals surface area contributed by atoms with Gasteiger partial charge >= 0.3 is 0 Å². The van der Waals surface area contributed by atoms with Crippen LogP contribution < -0.4 is 5.32 Å². The average molecular weight is 374 g/mol. The number of halogens is 3. The third-order valence-electron chi connectivity index (χ3n) is 4.66. The van der Waals surface area contributed by atoms with Crippen molar-refractivity contribution in [3.63, 3.8) is 0 Å². The van der Waals surface area contributed by atoms with Gasteiger partial charge in [-0.05, 0) is 60.7 Å². The third kappa shape index (κ3) is 4.90. The number of hydrogen-bond acceptors (Lipinski definition) is 1. The van der Waals surface area contributed by atoms with E-state index in [9.17, 15) is 18.0 Å². The smallest absolute Gasteiger partial charge is 0.216 e. The van der Waals surface area contributed by atoms with Gasteiger partial charge in [0, 0.05) is 30.6 Å². The van der Waals surface area contributed by atoms with Crippen LogP contribution >= 0.6 is 0 Å². The van der Waals surface area contributed by atoms with Gasteiger partial charge in [-0.15, -0.1) is 0 Å². The predicted octanol–water partition coefficient (Wildman–Crippen LogP) is 5.17. The fourth-order valence-electron chi connectivity index (χ4n) is 2.94. The van der Waals surface area contributed by atoms with Gasteiger partial charge in [-0.2, -0.15) is 0 Å². The van der Waals surface area contributed by atoms with E-state index in [1.165, 1.54) is 37.5 Å². The highest BCUT2D eigenvalue weighted by molar-refractivity contribution is 5.86. The Hall–Kier alpha value is -2.76. The summed E-state index contributed by atoms with van der Waals surface area (Å²) in [5, 5.41) is 3.26. The van der Waals surface area contributed by atoms with Gasteiger partial charge in [0.2, 0.25) is 5.91 Å². The summed E-state index contributed by atoms with van der Waals surface area (Å²) >= 11 is 0. The predicted molar refractivity (Wildman–Crippen MR) is 99.6 cm³/mol. The van der Waals surface area contributed by atoms with Gasteiger partial charge in [0.25, 0.3) is 0 Å². The lowest BCUT2D eigenvalue weighted by Gasteiger charge is -2.24. The molecule has 0 atom stereocenters. The average Bonchev–Trinajstić information content (AvgIpc) is 2.98. The van der Waals surface area contributed by atoms with Crippen LogP contribution in [0.2, 0.25) is 0 Å². The Balaban J connectivity index is 0.000000197. The van der Waals surface area contributed by atoms with E-state index in [1.807, 2.05) is 0 Å². The summed E-state index contributed by atoms with van der Waals surface area (Å²) in [7, 11) is 0. The van der Waals surface area contributed by atoms with E-state index in [-0.39, 0.29) is 17.2 Å². The van der Waals surface area contributed by atoms with Crippen molar-refractivity contribution in [3.8, 4) is 11.3 Å². The van der Waals surface area contributed by atoms with Crippen LogP contribution in [0.4, 0.5) is 13.2 Å². The SMILES string of the molecule is CC(=O)NCC1CCC1.Fc1ccc(-c2cc3cc(F)cc(F)c3[nH]2)cc1. The number of fused-ring (bicyclic) bond motifs is 1. The lowest BCUT2D eigenvalue weighted by molar-refractivity contribution is -0.119. The topological polar surface area (TPSA) is 44.9 Å². The van der Waals surface area contributed by atoms with Crippen molar-refractivity contribution in [2.45, 2.75) is 26.2 Å². The van der Waals surface area contributed by atoms with Crippen LogP contribution in [0.5, 0.6) is 0 Å². The first-order valence-electron chi connectivity index (χ1n) is 8.90. The fourth-order valence-corrected chi connectivity index (χ4v) is 2.94. The first kappa shape index (κ1) is 19.0. The van der Waals surface area contributed by atoms with Gasteiger partial charge in [0.15, 0.2) is 0 Å². The molecule has 0 bridgehead atoms. The van der Waals surface area contributed by atoms with E-state index in [2.05, 4.69) is 10.3 Å². The second-order valence-electron chi connectivity index (χ2n) is 6.78. The molecule has 27 heavy (non-hydrogen) atoms. The summed E-state index contributed by atoms with van der Waals surface area (Å²) in [4.78, 5) is 13.2. The molecule has 0 saturated heterocycles. The number of carbonyl (C=O) groups is 1. The van der Waals surface area contributed by atoms with Crippen molar-refractivity contribution >= 4 is 16.8 Å². The summed E-state index contributed by atoms with van der Waals surface area (Å²) in [5.74, 6) is -0.717. The Morgan fingerprint density at radius 3 is 2.37 bits per heavy atom. The van der Waals surface area contributed by atoms with Crippen molar-refractivity contribution in [1.29, 1.82) is 0 Å². The molecule has 0 aliphatic heterocycles. The minimum absolute atomic E-state index is 0.0990. The van der Waals surface area contributed by atoms with Crippen molar-refractivity contribution in [2.75, 3.05) is 6.54 Å². The maximum Gasteiger partial charge on any atom is 0.216 e. The quantitative estimate of drug-likeness (QED) is 0.652. The summed E-state index contributed by atoms with van der Waals surface area (Å²) in [6.45, 7) is 2.47. The van der Waals surface area contributed by atoms with Crippen LogP contribution in [0.15, 0.2) is 42.5 Å². The van der Waals surface area contributed by atoms with Crippen LogP contribution in [-0.4, -0.2) is 17.4 Å². The molecule has 3 aromatic rings. The number of benzene rings is 2. The summed E-state index contributed by atoms with van der Waals surface area (Å²) in [6.07, 6.45) is 3.96. The number of aromatic amines is 1. The van der Waals surface area contributed by atoms with Crippen LogP contribution in [0.25, 0.3) is 22.2 Å². The van der Waals surface area contributed by atoms with Gasteiger partial charge in [0.05, 0.1) is 5.52 Å². The molecule has 1 saturated carbocycles. The zero-order valence-electron chi connectivity index (χ0n) is 15.0. The lowest BCUT2D eigenvalue weighted by Crippen LogP contribution is -2.30. The molecule has 0 radical (unpaired) electrons. The summed E-state index contributed by atoms with van der Waals surface area (Å²) in [5.41, 5.74) is 1.58. The molecule has 1 aliphatic rings. The van der Waals surface area contributed by atoms with E-state index >= 15 is 0 Å². The van der Waals surface area contributed by atoms with E-state index in [1.54, 1.807) is 25.1 Å². The minimum atomic E-state index is -0.640. The van der Waals surface area contributed by atoms with Crippen LogP contribution in [0.1, 0.15) is 26.2 Å². The Morgan fingerprint density at radius 2 is 1.78 bits per heavy atom. The third-order valence-corrected chi connectivity index (χ3v) is 4.66. The molecule has 1 fully saturated rings. The molecule has 6 heteroatoms. The fraction of sp³-hybridized carbons (Fsp3) is 0.286. The van der Waals surface area contributed by atoms with Crippen LogP contribution in [0, 0.1) is 23.4 Å². The highest BCUT2D eigenvalue weighted by Gasteiger charge is 2.16. The second kappa shape index (κ2) is 8.29. The molecular weight excluding hydrogens is 353 g/mol. The first-order chi connectivity index (χ1) is 12.9. The molecule has 0 spiro atoms. The second-order valence-corrected chi connectivity index (χ2v) is 6.78. The number of rotatable bonds is 3. The largest absolute Gasteiger partial charge is 0.356 e. The Kier molecular flexibility index (Phi) is 5.84. The van der Waals surface area contributed by atoms with Gasteiger partial charge in [-0.25, -0.2) is 13.2 Å². The molecule has 2 N–H and O–H groups in total. The van der Waals surface area contributed by atoms with Crippen molar-refractivity contribution in [2.24, 2.45) is 5.92 Å². The Bertz CT molecular complexity index is 930. The zero-order valence-corrected chi connectivity index (χ0v) is 15.0. The highest BCUT2D eigenvalue weighted by atomic mass is 19.1. The summed E-state index contributed by atoms with van der Waals surface area (Å²) < 4.78 is 39.4. The molecule has 4 rings (SSSR count). The molecule has 1 aromatic heterocycles. The monoisotopic (exact) mass is 374 g/mol. The van der Waals surface area contributed by atoms with Gasteiger partial charge < -0.3 is 10.3 Å². The molecule has 142 valence electrons. The van der Waals surface area contributed by atoms with Crippen molar-refractivity contribution in [1.82, 2.24) is 10.3 Å². The van der Waals surface area contributed by atoms with E-state index in [0.29, 0.717) is 16.6 Å². The number of amides is 1. The number of carbonyl (C=O) groups excluding carboxylic acids is 1. The standard InChI is InChI=1S/C14H8F3N.C7H13NO/c15-10-3-1-8(2-4-10)13-6-9-5-11(16)7-12(17)14(9)18-13;1-6(9)8-5-7-3-2-4-7/h1-7,18H;7H,2-5H2,1H3,(H,8,9). The Morgan fingerprint density at radius 1 is 1.07 bits per heavy atom. The van der Waals surface area contributed by atoms with Crippen molar-refractivity contribution in [3.05, 3.63) is 59.9 Å². The number of hydrogen-bond donors (Lipinski definition) is 2. The van der Waals surface area contributed by atoms with Crippen molar-refractivity contribution < 1.29 is 18.0 Å². The van der Waals surface area contributed by atoms with E-state index in [4.69, 9.17) is 0 Å². The number of H-pyrrole nitrogens is 1. The molecule has 0 unspecified atom stereocenters. The molecule has 1 amide bonds. The normalized spacial score (nSPS) is 13.6. The van der Waals surface area contributed by atoms with Crippen LogP contribution in [-0.2, 0) is 4.79 Å².